The zero-order valence-electron chi connectivity index (χ0n) is 24.0. The van der Waals surface area contributed by atoms with E-state index in [-0.39, 0.29) is 34.8 Å². The standard InChI is InChI=1S/C33H26F5N3O4/c1-41-26-13-12-17(16-39)14-22(26)29(33(36,37)38)27(31(41)43)21-9-4-7-19-18(6-3-8-20(19)21)15-25(32(44)45-2)40-30(42)28-23(34)10-5-11-24(28)35/h3-14,25H,15-16,39H2,1-2H3,(H,40,42)/t25-/m0/s1. The fraction of sp³-hybridized carbons (Fsp3) is 0.182. The average Bonchev–Trinajstić information content (AvgIpc) is 3.00. The molecule has 0 spiro atoms. The molecule has 5 rings (SSSR count). The van der Waals surface area contributed by atoms with E-state index >= 15 is 0 Å². The smallest absolute Gasteiger partial charge is 0.417 e. The van der Waals surface area contributed by atoms with E-state index in [4.69, 9.17) is 10.5 Å². The fourth-order valence-electron chi connectivity index (χ4n) is 5.54. The van der Waals surface area contributed by atoms with Gasteiger partial charge >= 0.3 is 12.1 Å². The Morgan fingerprint density at radius 1 is 0.933 bits per heavy atom. The summed E-state index contributed by atoms with van der Waals surface area (Å²) >= 11 is 0. The maximum Gasteiger partial charge on any atom is 0.417 e. The normalized spacial score (nSPS) is 12.4. The second-order valence-electron chi connectivity index (χ2n) is 10.3. The van der Waals surface area contributed by atoms with Crippen LogP contribution in [0.4, 0.5) is 22.0 Å². The Bertz CT molecular complexity index is 2020. The monoisotopic (exact) mass is 623 g/mol. The summed E-state index contributed by atoms with van der Waals surface area (Å²) in [5.74, 6) is -4.40. The number of aryl methyl sites for hydroxylation is 1. The van der Waals surface area contributed by atoms with E-state index in [1.165, 1.54) is 43.4 Å². The molecule has 232 valence electrons. The highest BCUT2D eigenvalue weighted by molar-refractivity contribution is 6.02. The van der Waals surface area contributed by atoms with Gasteiger partial charge < -0.3 is 20.4 Å². The van der Waals surface area contributed by atoms with E-state index in [0.29, 0.717) is 16.5 Å². The lowest BCUT2D eigenvalue weighted by Crippen LogP contribution is -2.43. The summed E-state index contributed by atoms with van der Waals surface area (Å²) in [7, 11) is 2.45. The molecule has 1 aromatic heterocycles. The fourth-order valence-corrected chi connectivity index (χ4v) is 5.54. The van der Waals surface area contributed by atoms with Crippen molar-refractivity contribution in [1.82, 2.24) is 9.88 Å². The molecule has 0 aliphatic carbocycles. The van der Waals surface area contributed by atoms with E-state index in [2.05, 4.69) is 5.32 Å². The average molecular weight is 624 g/mol. The number of rotatable bonds is 7. The van der Waals surface area contributed by atoms with Gasteiger partial charge in [-0.05, 0) is 51.7 Å². The number of carbonyl (C=O) groups is 2. The molecule has 0 bridgehead atoms. The van der Waals surface area contributed by atoms with Crippen LogP contribution >= 0.6 is 0 Å². The summed E-state index contributed by atoms with van der Waals surface area (Å²) in [5, 5.41) is 2.75. The first kappa shape index (κ1) is 31.3. The Hall–Kier alpha value is -5.10. The molecule has 0 saturated carbocycles. The number of aromatic nitrogens is 1. The van der Waals surface area contributed by atoms with Gasteiger partial charge in [-0.25, -0.2) is 13.6 Å². The van der Waals surface area contributed by atoms with Crippen molar-refractivity contribution in [1.29, 1.82) is 0 Å². The minimum absolute atomic E-state index is 0.00518. The number of amides is 1. The quantitative estimate of drug-likeness (QED) is 0.181. The maximum atomic E-state index is 14.8. The van der Waals surface area contributed by atoms with Gasteiger partial charge in [-0.15, -0.1) is 0 Å². The molecule has 7 nitrogen and oxygen atoms in total. The van der Waals surface area contributed by atoms with Gasteiger partial charge in [0.25, 0.3) is 11.5 Å². The number of benzene rings is 4. The van der Waals surface area contributed by atoms with E-state index in [9.17, 15) is 36.3 Å². The van der Waals surface area contributed by atoms with Gasteiger partial charge in [0.2, 0.25) is 0 Å². The molecule has 0 radical (unpaired) electrons. The lowest BCUT2D eigenvalue weighted by Gasteiger charge is -2.21. The van der Waals surface area contributed by atoms with Crippen LogP contribution in [-0.2, 0) is 35.7 Å². The third kappa shape index (κ3) is 5.76. The van der Waals surface area contributed by atoms with E-state index in [1.807, 2.05) is 0 Å². The third-order valence-corrected chi connectivity index (χ3v) is 7.67. The van der Waals surface area contributed by atoms with Gasteiger partial charge in [0.1, 0.15) is 23.2 Å². The predicted octanol–water partition coefficient (Wildman–Crippen LogP) is 5.63. The van der Waals surface area contributed by atoms with Crippen molar-refractivity contribution in [2.45, 2.75) is 25.2 Å². The van der Waals surface area contributed by atoms with Crippen LogP contribution in [0.3, 0.4) is 0 Å². The lowest BCUT2D eigenvalue weighted by molar-refractivity contribution is -0.142. The lowest BCUT2D eigenvalue weighted by atomic mass is 9.90. The maximum absolute atomic E-state index is 14.8. The summed E-state index contributed by atoms with van der Waals surface area (Å²) in [5.41, 5.74) is 3.17. The first-order valence-corrected chi connectivity index (χ1v) is 13.6. The van der Waals surface area contributed by atoms with Crippen LogP contribution in [0.5, 0.6) is 0 Å². The van der Waals surface area contributed by atoms with Crippen LogP contribution in [0.15, 0.2) is 77.6 Å². The molecule has 1 atom stereocenters. The first-order valence-electron chi connectivity index (χ1n) is 13.6. The molecule has 1 heterocycles. The molecule has 3 N–H and O–H groups in total. The summed E-state index contributed by atoms with van der Waals surface area (Å²) in [6.07, 6.45) is -5.17. The number of pyridine rings is 1. The number of nitrogens with one attached hydrogen (secondary N) is 1. The number of methoxy groups -OCH3 is 1. The summed E-state index contributed by atoms with van der Waals surface area (Å²) in [4.78, 5) is 39.1. The predicted molar refractivity (Wildman–Crippen MR) is 158 cm³/mol. The molecule has 4 aromatic carbocycles. The minimum atomic E-state index is -4.92. The molecule has 1 amide bonds. The molecule has 12 heteroatoms. The molecular weight excluding hydrogens is 597 g/mol. The zero-order chi connectivity index (χ0) is 32.6. The number of hydrogen-bond donors (Lipinski definition) is 2. The number of halogens is 5. The number of nitrogens with two attached hydrogens (primary N) is 1. The Morgan fingerprint density at radius 3 is 2.22 bits per heavy atom. The first-order chi connectivity index (χ1) is 21.4. The van der Waals surface area contributed by atoms with Crippen LogP contribution in [0.25, 0.3) is 32.8 Å². The minimum Gasteiger partial charge on any atom is -0.467 e. The van der Waals surface area contributed by atoms with Gasteiger partial charge in [0.05, 0.1) is 23.8 Å². The zero-order valence-corrected chi connectivity index (χ0v) is 24.0. The highest BCUT2D eigenvalue weighted by Crippen LogP contribution is 2.42. The van der Waals surface area contributed by atoms with Crippen molar-refractivity contribution in [3.8, 4) is 11.1 Å². The van der Waals surface area contributed by atoms with Gasteiger partial charge in [0, 0.05) is 25.4 Å². The molecule has 0 aliphatic heterocycles. The van der Waals surface area contributed by atoms with Crippen molar-refractivity contribution in [2.75, 3.05) is 7.11 Å². The Morgan fingerprint density at radius 2 is 1.58 bits per heavy atom. The Balaban J connectivity index is 1.68. The van der Waals surface area contributed by atoms with Crippen molar-refractivity contribution in [2.24, 2.45) is 12.8 Å². The molecule has 0 unspecified atom stereocenters. The van der Waals surface area contributed by atoms with E-state index in [1.54, 1.807) is 18.2 Å². The molecule has 45 heavy (non-hydrogen) atoms. The van der Waals surface area contributed by atoms with Gasteiger partial charge in [-0.3, -0.25) is 9.59 Å². The van der Waals surface area contributed by atoms with E-state index in [0.717, 1.165) is 29.9 Å². The van der Waals surface area contributed by atoms with E-state index < -0.39 is 58.0 Å². The number of nitrogens with zero attached hydrogens (tertiary/aromatic N) is 1. The van der Waals surface area contributed by atoms with Crippen LogP contribution in [0, 0.1) is 11.6 Å². The molecule has 5 aromatic rings. The van der Waals surface area contributed by atoms with Gasteiger partial charge in [-0.2, -0.15) is 13.2 Å². The molecule has 0 aliphatic rings. The molecular formula is C33H26F5N3O4. The summed E-state index contributed by atoms with van der Waals surface area (Å²) in [6.45, 7) is -0.00943. The number of hydrogen-bond acceptors (Lipinski definition) is 5. The van der Waals surface area contributed by atoms with Gasteiger partial charge in [-0.1, -0.05) is 48.5 Å². The molecule has 0 fully saturated rings. The van der Waals surface area contributed by atoms with Crippen molar-refractivity contribution < 1.29 is 36.3 Å². The van der Waals surface area contributed by atoms with Crippen molar-refractivity contribution in [3.63, 3.8) is 0 Å². The van der Waals surface area contributed by atoms with Crippen LogP contribution < -0.4 is 16.6 Å². The third-order valence-electron chi connectivity index (χ3n) is 7.67. The highest BCUT2D eigenvalue weighted by atomic mass is 19.4. The molecule has 0 saturated heterocycles. The number of fused-ring (bicyclic) bond motifs is 2. The SMILES string of the molecule is COC(=O)[C@H](Cc1cccc2c(-c3c(C(F)(F)F)c4cc(CN)ccc4n(C)c3=O)cccc12)NC(=O)c1c(F)cccc1F. The number of carbonyl (C=O) groups excluding carboxylic acids is 2. The van der Waals surface area contributed by atoms with Crippen LogP contribution in [-0.4, -0.2) is 29.6 Å². The second kappa shape index (κ2) is 12.1. The summed E-state index contributed by atoms with van der Waals surface area (Å²) < 4.78 is 78.8. The topological polar surface area (TPSA) is 103 Å². The largest absolute Gasteiger partial charge is 0.467 e. The van der Waals surface area contributed by atoms with Crippen LogP contribution in [0.1, 0.15) is 27.0 Å². The Kier molecular flexibility index (Phi) is 8.44. The van der Waals surface area contributed by atoms with Crippen LogP contribution in [0.2, 0.25) is 0 Å². The summed E-state index contributed by atoms with van der Waals surface area (Å²) in [6, 6.07) is 14.8. The highest BCUT2D eigenvalue weighted by Gasteiger charge is 2.38. The van der Waals surface area contributed by atoms with Crippen molar-refractivity contribution in [3.05, 3.63) is 117 Å². The van der Waals surface area contributed by atoms with Gasteiger partial charge in [0.15, 0.2) is 0 Å². The number of alkyl halides is 3. The van der Waals surface area contributed by atoms with Crippen molar-refractivity contribution >= 4 is 33.6 Å². The second-order valence-corrected chi connectivity index (χ2v) is 10.3. The number of ether oxygens (including phenoxy) is 1. The number of esters is 1. The Labute approximate surface area is 253 Å².